The molecule has 4 heterocycles. The van der Waals surface area contributed by atoms with E-state index in [9.17, 15) is 4.79 Å². The summed E-state index contributed by atoms with van der Waals surface area (Å²) in [7, 11) is 0. The zero-order chi connectivity index (χ0) is 18.6. The van der Waals surface area contributed by atoms with Crippen molar-refractivity contribution in [1.29, 1.82) is 0 Å². The summed E-state index contributed by atoms with van der Waals surface area (Å²) in [4.78, 5) is 19.9. The number of alkyl carbamates (subject to hydrolysis) is 1. The Morgan fingerprint density at radius 3 is 2.96 bits per heavy atom. The van der Waals surface area contributed by atoms with Crippen LogP contribution in [-0.4, -0.2) is 53.3 Å². The summed E-state index contributed by atoms with van der Waals surface area (Å²) in [5.41, 5.74) is 4.34. The van der Waals surface area contributed by atoms with Gasteiger partial charge < -0.3 is 19.5 Å². The van der Waals surface area contributed by atoms with Gasteiger partial charge >= 0.3 is 6.09 Å². The number of hydrogen-bond acceptors (Lipinski definition) is 5. The van der Waals surface area contributed by atoms with E-state index in [1.165, 1.54) is 21.6 Å². The minimum atomic E-state index is -0.326. The van der Waals surface area contributed by atoms with Crippen LogP contribution in [-0.2, 0) is 17.7 Å². The zero-order valence-corrected chi connectivity index (χ0v) is 16.6. The number of carbonyl (C=O) groups is 1. The van der Waals surface area contributed by atoms with Crippen LogP contribution in [0.4, 0.5) is 4.79 Å². The number of carbonyl (C=O) groups excluding carboxylic acids is 1. The molecule has 6 nitrogen and oxygen atoms in total. The number of likely N-dealkylation sites (tertiary alicyclic amines) is 1. The molecule has 2 aliphatic rings. The molecule has 7 heteroatoms. The Hall–Kier alpha value is -2.12. The molecule has 1 N–H and O–H groups in total. The quantitative estimate of drug-likeness (QED) is 0.877. The molecule has 2 aliphatic heterocycles. The highest BCUT2D eigenvalue weighted by Gasteiger charge is 2.25. The van der Waals surface area contributed by atoms with Crippen molar-refractivity contribution in [2.24, 2.45) is 0 Å². The number of fused-ring (bicyclic) bond motifs is 2. The Morgan fingerprint density at radius 1 is 1.30 bits per heavy atom. The smallest absolute Gasteiger partial charge is 0.407 e. The van der Waals surface area contributed by atoms with Gasteiger partial charge in [-0.25, -0.2) is 9.78 Å². The lowest BCUT2D eigenvalue weighted by atomic mass is 9.95. The maximum absolute atomic E-state index is 11.4. The highest BCUT2D eigenvalue weighted by atomic mass is 32.1. The van der Waals surface area contributed by atoms with Gasteiger partial charge in [-0.05, 0) is 43.2 Å². The largest absolute Gasteiger partial charge is 0.450 e. The second kappa shape index (κ2) is 8.27. The van der Waals surface area contributed by atoms with E-state index in [4.69, 9.17) is 9.72 Å². The number of aromatic nitrogens is 2. The van der Waals surface area contributed by atoms with Crippen LogP contribution in [0.25, 0.3) is 5.57 Å². The first-order valence-electron chi connectivity index (χ1n) is 9.69. The lowest BCUT2D eigenvalue weighted by Crippen LogP contribution is -2.38. The molecule has 2 aromatic heterocycles. The Morgan fingerprint density at radius 2 is 2.15 bits per heavy atom. The molecule has 0 spiro atoms. The van der Waals surface area contributed by atoms with Gasteiger partial charge in [-0.15, -0.1) is 11.3 Å². The van der Waals surface area contributed by atoms with E-state index in [1.807, 2.05) is 24.5 Å². The van der Waals surface area contributed by atoms with E-state index in [-0.39, 0.29) is 6.09 Å². The molecule has 0 bridgehead atoms. The zero-order valence-electron chi connectivity index (χ0n) is 15.7. The maximum Gasteiger partial charge on any atom is 0.407 e. The molecule has 0 saturated carbocycles. The molecule has 2 aromatic rings. The number of thiophene rings is 1. The van der Waals surface area contributed by atoms with Gasteiger partial charge in [-0.2, -0.15) is 0 Å². The van der Waals surface area contributed by atoms with Crippen molar-refractivity contribution in [3.63, 3.8) is 0 Å². The van der Waals surface area contributed by atoms with Crippen LogP contribution in [0.5, 0.6) is 0 Å². The van der Waals surface area contributed by atoms with E-state index in [1.54, 1.807) is 0 Å². The van der Waals surface area contributed by atoms with Gasteiger partial charge in [0.25, 0.3) is 0 Å². The Balaban J connectivity index is 1.45. The van der Waals surface area contributed by atoms with Crippen molar-refractivity contribution >= 4 is 23.0 Å². The molecule has 1 amide bonds. The molecular weight excluding hydrogens is 360 g/mol. The molecule has 144 valence electrons. The summed E-state index contributed by atoms with van der Waals surface area (Å²) >= 11 is 1.84. The summed E-state index contributed by atoms with van der Waals surface area (Å²) in [6.45, 7) is 6.76. The van der Waals surface area contributed by atoms with Gasteiger partial charge in [0.05, 0.1) is 6.61 Å². The van der Waals surface area contributed by atoms with Gasteiger partial charge in [-0.3, -0.25) is 0 Å². The van der Waals surface area contributed by atoms with E-state index in [0.29, 0.717) is 13.2 Å². The first-order valence-corrected chi connectivity index (χ1v) is 10.6. The number of hydrogen-bond donors (Lipinski definition) is 1. The number of nitrogens with zero attached hydrogens (tertiary/aromatic N) is 3. The summed E-state index contributed by atoms with van der Waals surface area (Å²) in [6, 6.07) is 2.27. The third-order valence-corrected chi connectivity index (χ3v) is 6.30. The van der Waals surface area contributed by atoms with E-state index < -0.39 is 0 Å². The maximum atomic E-state index is 11.4. The summed E-state index contributed by atoms with van der Waals surface area (Å²) in [5.74, 6) is 1.13. The number of aryl methyl sites for hydroxylation is 2. The fourth-order valence-corrected chi connectivity index (χ4v) is 4.97. The number of imidazole rings is 1. The molecule has 0 atom stereocenters. The first kappa shape index (κ1) is 18.3. The summed E-state index contributed by atoms with van der Waals surface area (Å²) in [5, 5.41) is 5.01. The van der Waals surface area contributed by atoms with Gasteiger partial charge in [0.15, 0.2) is 0 Å². The lowest BCUT2D eigenvalue weighted by molar-refractivity contribution is 0.150. The third-order valence-electron chi connectivity index (χ3n) is 5.32. The summed E-state index contributed by atoms with van der Waals surface area (Å²) < 4.78 is 7.20. The van der Waals surface area contributed by atoms with Crippen molar-refractivity contribution in [3.05, 3.63) is 45.7 Å². The predicted molar refractivity (Wildman–Crippen MR) is 107 cm³/mol. The minimum Gasteiger partial charge on any atom is -0.450 e. The minimum absolute atomic E-state index is 0.326. The topological polar surface area (TPSA) is 59.4 Å². The van der Waals surface area contributed by atoms with Crippen LogP contribution >= 0.6 is 11.3 Å². The van der Waals surface area contributed by atoms with Crippen molar-refractivity contribution in [2.45, 2.75) is 32.7 Å². The van der Waals surface area contributed by atoms with Crippen LogP contribution in [0.15, 0.2) is 29.4 Å². The van der Waals surface area contributed by atoms with Crippen LogP contribution < -0.4 is 5.32 Å². The highest BCUT2D eigenvalue weighted by molar-refractivity contribution is 7.11. The fourth-order valence-electron chi connectivity index (χ4n) is 3.93. The van der Waals surface area contributed by atoms with Crippen LogP contribution in [0.3, 0.4) is 0 Å². The fraction of sp³-hybridized carbons (Fsp3) is 0.500. The average molecular weight is 387 g/mol. The lowest BCUT2D eigenvalue weighted by Gasteiger charge is -2.29. The Bertz CT molecular complexity index is 784. The molecule has 0 unspecified atom stereocenters. The normalized spacial score (nSPS) is 17.2. The molecule has 27 heavy (non-hydrogen) atoms. The predicted octanol–water partition coefficient (Wildman–Crippen LogP) is 3.14. The molecule has 0 radical (unpaired) electrons. The average Bonchev–Trinajstić information content (AvgIpc) is 3.30. The molecule has 4 rings (SSSR count). The number of nitrogens with one attached hydrogen (secondary N) is 1. The van der Waals surface area contributed by atoms with Crippen LogP contribution in [0.2, 0.25) is 0 Å². The van der Waals surface area contributed by atoms with Crippen molar-refractivity contribution < 1.29 is 9.53 Å². The molecule has 1 fully saturated rings. The second-order valence-corrected chi connectivity index (χ2v) is 7.85. The third kappa shape index (κ3) is 3.94. The molecular formula is C20H26N4O2S. The Kier molecular flexibility index (Phi) is 5.59. The molecule has 0 aliphatic carbocycles. The van der Waals surface area contributed by atoms with Crippen molar-refractivity contribution in [3.8, 4) is 0 Å². The van der Waals surface area contributed by atoms with Gasteiger partial charge in [0.1, 0.15) is 5.82 Å². The van der Waals surface area contributed by atoms with Gasteiger partial charge in [0.2, 0.25) is 0 Å². The summed E-state index contributed by atoms with van der Waals surface area (Å²) in [6.07, 6.45) is 6.88. The number of amides is 1. The van der Waals surface area contributed by atoms with Crippen molar-refractivity contribution in [2.75, 3.05) is 32.8 Å². The van der Waals surface area contributed by atoms with E-state index in [0.717, 1.165) is 51.3 Å². The number of rotatable bonds is 4. The SMILES string of the molecule is CCOC(=O)NCCN1CCC(=C2c3sccc3CCn3ccnc32)CC1. The standard InChI is InChI=1S/C20H26N4O2S/c1-2-26-20(25)22-7-12-23-9-3-15(4-10-23)17-18-16(6-14-27-18)5-11-24-13-8-21-19(17)24/h6,8,13-14H,2-5,7,9-12H2,1H3,(H,22,25). The highest BCUT2D eigenvalue weighted by Crippen LogP contribution is 2.38. The monoisotopic (exact) mass is 386 g/mol. The number of ether oxygens (including phenoxy) is 1. The second-order valence-electron chi connectivity index (χ2n) is 6.94. The van der Waals surface area contributed by atoms with E-state index in [2.05, 4.69) is 32.4 Å². The molecule has 1 saturated heterocycles. The van der Waals surface area contributed by atoms with Crippen LogP contribution in [0, 0.1) is 0 Å². The molecule has 0 aromatic carbocycles. The Labute approximate surface area is 163 Å². The van der Waals surface area contributed by atoms with Gasteiger partial charge in [0, 0.05) is 55.6 Å². The first-order chi connectivity index (χ1) is 13.3. The number of piperidine rings is 1. The van der Waals surface area contributed by atoms with Crippen molar-refractivity contribution in [1.82, 2.24) is 19.8 Å². The van der Waals surface area contributed by atoms with E-state index >= 15 is 0 Å². The van der Waals surface area contributed by atoms with Gasteiger partial charge in [-0.1, -0.05) is 5.57 Å². The van der Waals surface area contributed by atoms with Crippen LogP contribution in [0.1, 0.15) is 36.0 Å².